The van der Waals surface area contributed by atoms with E-state index in [4.69, 9.17) is 0 Å². The number of amides is 1. The lowest BCUT2D eigenvalue weighted by Gasteiger charge is -2.19. The Kier molecular flexibility index (Phi) is 5.90. The molecule has 1 N–H and O–H groups in total. The summed E-state index contributed by atoms with van der Waals surface area (Å²) in [6, 6.07) is 0. The summed E-state index contributed by atoms with van der Waals surface area (Å²) in [6.45, 7) is 1.74. The van der Waals surface area contributed by atoms with Gasteiger partial charge in [-0.25, -0.2) is 0 Å². The molecule has 0 radical (unpaired) electrons. The molecule has 7 heteroatoms. The molecular formula is C6H13NO5P-. The van der Waals surface area contributed by atoms with Crippen molar-refractivity contribution in [2.24, 2.45) is 0 Å². The number of hydrogen-bond donors (Lipinski definition) is 1. The van der Waals surface area contributed by atoms with E-state index < -0.39 is 7.82 Å². The third kappa shape index (κ3) is 6.72. The first-order valence-electron chi connectivity index (χ1n) is 3.80. The van der Waals surface area contributed by atoms with Crippen LogP contribution >= 0.6 is 7.82 Å². The summed E-state index contributed by atoms with van der Waals surface area (Å²) in [5.74, 6) is -0.151. The molecule has 0 aromatic heterocycles. The van der Waals surface area contributed by atoms with Crippen molar-refractivity contribution < 1.29 is 23.3 Å². The van der Waals surface area contributed by atoms with Gasteiger partial charge in [0.1, 0.15) is 0 Å². The largest absolute Gasteiger partial charge is 0.756 e. The maximum atomic E-state index is 10.7. The van der Waals surface area contributed by atoms with Gasteiger partial charge in [0.2, 0.25) is 5.91 Å². The van der Waals surface area contributed by atoms with Crippen LogP contribution in [-0.2, 0) is 18.4 Å². The van der Waals surface area contributed by atoms with Gasteiger partial charge in [-0.3, -0.25) is 9.36 Å². The highest BCUT2D eigenvalue weighted by molar-refractivity contribution is 7.45. The molecule has 0 fully saturated rings. The van der Waals surface area contributed by atoms with Crippen molar-refractivity contribution in [3.63, 3.8) is 0 Å². The van der Waals surface area contributed by atoms with Crippen molar-refractivity contribution in [2.45, 2.75) is 13.3 Å². The highest BCUT2D eigenvalue weighted by Crippen LogP contribution is 2.36. The average Bonchev–Trinajstić information content (AvgIpc) is 2.12. The maximum Gasteiger partial charge on any atom is 0.267 e. The summed E-state index contributed by atoms with van der Waals surface area (Å²) in [5.41, 5.74) is 0. The van der Waals surface area contributed by atoms with Gasteiger partial charge in [-0.2, -0.15) is 0 Å². The first-order chi connectivity index (χ1) is 6.02. The van der Waals surface area contributed by atoms with Crippen molar-refractivity contribution in [1.82, 2.24) is 5.32 Å². The lowest BCUT2D eigenvalue weighted by atomic mass is 10.4. The molecule has 0 aliphatic carbocycles. The zero-order valence-electron chi connectivity index (χ0n) is 7.61. The summed E-state index contributed by atoms with van der Waals surface area (Å²) in [7, 11) is -3.13. The first kappa shape index (κ1) is 12.6. The first-order valence-corrected chi connectivity index (χ1v) is 5.26. The van der Waals surface area contributed by atoms with Gasteiger partial charge in [0.15, 0.2) is 0 Å². The molecule has 0 saturated heterocycles. The van der Waals surface area contributed by atoms with Crippen molar-refractivity contribution in [3.8, 4) is 0 Å². The summed E-state index contributed by atoms with van der Waals surface area (Å²) in [4.78, 5) is 21.2. The van der Waals surface area contributed by atoms with Gasteiger partial charge < -0.3 is 19.3 Å². The molecule has 1 atom stereocenters. The van der Waals surface area contributed by atoms with Crippen LogP contribution in [0.25, 0.3) is 0 Å². The zero-order chi connectivity index (χ0) is 10.3. The van der Waals surface area contributed by atoms with Gasteiger partial charge in [-0.05, 0) is 0 Å². The number of nitrogens with one attached hydrogen (secondary N) is 1. The number of carbonyl (C=O) groups is 1. The lowest BCUT2D eigenvalue weighted by molar-refractivity contribution is -0.222. The van der Waals surface area contributed by atoms with Crippen molar-refractivity contribution >= 4 is 13.7 Å². The van der Waals surface area contributed by atoms with Gasteiger partial charge in [-0.15, -0.1) is 0 Å². The van der Waals surface area contributed by atoms with Crippen molar-refractivity contribution in [2.75, 3.05) is 20.3 Å². The fourth-order valence-corrected chi connectivity index (χ4v) is 0.946. The molecule has 0 spiro atoms. The second-order valence-corrected chi connectivity index (χ2v) is 3.68. The quantitative estimate of drug-likeness (QED) is 0.478. The monoisotopic (exact) mass is 210 g/mol. The van der Waals surface area contributed by atoms with Crippen LogP contribution in [0.1, 0.15) is 13.3 Å². The van der Waals surface area contributed by atoms with E-state index in [9.17, 15) is 14.3 Å². The molecule has 0 saturated carbocycles. The van der Waals surface area contributed by atoms with Crippen LogP contribution in [0.5, 0.6) is 0 Å². The SMILES string of the molecule is CCC(=O)NCCOP(=O)([O-])OC. The third-order valence-electron chi connectivity index (χ3n) is 1.22. The van der Waals surface area contributed by atoms with Gasteiger partial charge in [0.05, 0.1) is 6.61 Å². The van der Waals surface area contributed by atoms with Crippen molar-refractivity contribution in [3.05, 3.63) is 0 Å². The minimum atomic E-state index is -4.14. The van der Waals surface area contributed by atoms with E-state index in [0.29, 0.717) is 6.42 Å². The maximum absolute atomic E-state index is 10.7. The molecule has 13 heavy (non-hydrogen) atoms. The predicted octanol–water partition coefficient (Wildman–Crippen LogP) is -0.356. The number of phosphoric ester groups is 1. The standard InChI is InChI=1S/C6H14NO5P/c1-3-6(8)7-4-5-12-13(9,10)11-2/h3-5H2,1-2H3,(H,7,8)(H,9,10)/p-1. The van der Waals surface area contributed by atoms with E-state index in [2.05, 4.69) is 14.4 Å². The molecule has 0 rings (SSSR count). The van der Waals surface area contributed by atoms with E-state index in [0.717, 1.165) is 7.11 Å². The Hall–Kier alpha value is -0.420. The fraction of sp³-hybridized carbons (Fsp3) is 0.833. The highest BCUT2D eigenvalue weighted by Gasteiger charge is 2.05. The number of phosphoric acid groups is 1. The Morgan fingerprint density at radius 2 is 2.23 bits per heavy atom. The van der Waals surface area contributed by atoms with Crippen LogP contribution in [0, 0.1) is 0 Å². The highest BCUT2D eigenvalue weighted by atomic mass is 31.2. The van der Waals surface area contributed by atoms with Crippen LogP contribution in [0.2, 0.25) is 0 Å². The summed E-state index contributed by atoms with van der Waals surface area (Å²) in [5, 5.41) is 2.45. The van der Waals surface area contributed by atoms with Gasteiger partial charge in [-0.1, -0.05) is 6.92 Å². The van der Waals surface area contributed by atoms with E-state index in [-0.39, 0.29) is 19.1 Å². The molecule has 1 unspecified atom stereocenters. The predicted molar refractivity (Wildman–Crippen MR) is 43.9 cm³/mol. The summed E-state index contributed by atoms with van der Waals surface area (Å²) in [6.07, 6.45) is 0.360. The molecular weight excluding hydrogens is 197 g/mol. The molecule has 0 aromatic rings. The van der Waals surface area contributed by atoms with E-state index in [1.165, 1.54) is 0 Å². The van der Waals surface area contributed by atoms with E-state index >= 15 is 0 Å². The van der Waals surface area contributed by atoms with Crippen LogP contribution in [0.3, 0.4) is 0 Å². The Morgan fingerprint density at radius 3 is 2.69 bits per heavy atom. The molecule has 6 nitrogen and oxygen atoms in total. The molecule has 0 aromatic carbocycles. The Bertz CT molecular complexity index is 207. The van der Waals surface area contributed by atoms with Crippen LogP contribution in [0.15, 0.2) is 0 Å². The van der Waals surface area contributed by atoms with Crippen LogP contribution in [-0.4, -0.2) is 26.2 Å². The minimum absolute atomic E-state index is 0.111. The fourth-order valence-electron chi connectivity index (χ4n) is 0.526. The summed E-state index contributed by atoms with van der Waals surface area (Å²) < 4.78 is 19.0. The summed E-state index contributed by atoms with van der Waals surface area (Å²) >= 11 is 0. The number of carbonyl (C=O) groups excluding carboxylic acids is 1. The van der Waals surface area contributed by atoms with Crippen LogP contribution < -0.4 is 10.2 Å². The van der Waals surface area contributed by atoms with Gasteiger partial charge in [0.25, 0.3) is 7.82 Å². The van der Waals surface area contributed by atoms with Crippen LogP contribution in [0.4, 0.5) is 0 Å². The Labute approximate surface area is 76.8 Å². The van der Waals surface area contributed by atoms with E-state index in [1.54, 1.807) is 6.92 Å². The topological polar surface area (TPSA) is 87.7 Å². The molecule has 1 amide bonds. The second kappa shape index (κ2) is 6.10. The smallest absolute Gasteiger partial charge is 0.267 e. The second-order valence-electron chi connectivity index (χ2n) is 2.17. The zero-order valence-corrected chi connectivity index (χ0v) is 8.50. The minimum Gasteiger partial charge on any atom is -0.756 e. The average molecular weight is 210 g/mol. The number of rotatable bonds is 6. The number of hydrogen-bond acceptors (Lipinski definition) is 5. The van der Waals surface area contributed by atoms with Crippen molar-refractivity contribution in [1.29, 1.82) is 0 Å². The van der Waals surface area contributed by atoms with Gasteiger partial charge in [0, 0.05) is 20.1 Å². The third-order valence-corrected chi connectivity index (χ3v) is 2.16. The van der Waals surface area contributed by atoms with Gasteiger partial charge >= 0.3 is 0 Å². The molecule has 0 bridgehead atoms. The Balaban J connectivity index is 3.46. The molecule has 78 valence electrons. The Morgan fingerprint density at radius 1 is 1.62 bits per heavy atom. The lowest BCUT2D eigenvalue weighted by Crippen LogP contribution is -2.26. The molecule has 0 aliphatic rings. The molecule has 0 aliphatic heterocycles. The van der Waals surface area contributed by atoms with E-state index in [1.807, 2.05) is 0 Å². The normalized spacial score (nSPS) is 15.0. The molecule has 0 heterocycles.